The van der Waals surface area contributed by atoms with E-state index in [1.807, 2.05) is 48.5 Å². The molecule has 0 amide bonds. The summed E-state index contributed by atoms with van der Waals surface area (Å²) in [7, 11) is 0. The SMILES string of the molecule is O=C=c1c(=C2C=Nc3ccccc32)[nH]c2ccccc12. The van der Waals surface area contributed by atoms with E-state index >= 15 is 0 Å². The molecule has 0 unspecified atom stereocenters. The third-order valence-corrected chi connectivity index (χ3v) is 3.60. The molecule has 1 aliphatic heterocycles. The predicted molar refractivity (Wildman–Crippen MR) is 79.4 cm³/mol. The zero-order valence-corrected chi connectivity index (χ0v) is 10.6. The van der Waals surface area contributed by atoms with Gasteiger partial charge in [0.25, 0.3) is 0 Å². The van der Waals surface area contributed by atoms with E-state index in [-0.39, 0.29) is 0 Å². The summed E-state index contributed by atoms with van der Waals surface area (Å²) in [6.45, 7) is 0. The Morgan fingerprint density at radius 3 is 2.70 bits per heavy atom. The van der Waals surface area contributed by atoms with Crippen molar-refractivity contribution in [1.82, 2.24) is 4.98 Å². The lowest BCUT2D eigenvalue weighted by Gasteiger charge is -1.96. The highest BCUT2D eigenvalue weighted by molar-refractivity contribution is 6.16. The van der Waals surface area contributed by atoms with Crippen LogP contribution in [0.15, 0.2) is 53.5 Å². The number of nitrogens with one attached hydrogen (secondary N) is 1. The molecule has 0 saturated heterocycles. The van der Waals surface area contributed by atoms with Gasteiger partial charge in [0.2, 0.25) is 0 Å². The molecule has 0 saturated carbocycles. The lowest BCUT2D eigenvalue weighted by Crippen LogP contribution is -2.27. The van der Waals surface area contributed by atoms with E-state index in [9.17, 15) is 4.79 Å². The summed E-state index contributed by atoms with van der Waals surface area (Å²) in [5.41, 5.74) is 3.84. The fraction of sp³-hybridized carbons (Fsp3) is 0. The molecule has 0 atom stereocenters. The zero-order chi connectivity index (χ0) is 13.5. The average molecular weight is 258 g/mol. The van der Waals surface area contributed by atoms with Crippen molar-refractivity contribution in [2.45, 2.75) is 0 Å². The number of hydrogen-bond donors (Lipinski definition) is 1. The molecule has 0 spiro atoms. The first kappa shape index (κ1) is 11.0. The number of benzene rings is 2. The van der Waals surface area contributed by atoms with Crippen LogP contribution in [0.1, 0.15) is 5.56 Å². The summed E-state index contributed by atoms with van der Waals surface area (Å²) in [5.74, 6) is 2.06. The fourth-order valence-corrected chi connectivity index (χ4v) is 2.67. The van der Waals surface area contributed by atoms with Crippen molar-refractivity contribution in [3.63, 3.8) is 0 Å². The Morgan fingerprint density at radius 1 is 1.00 bits per heavy atom. The summed E-state index contributed by atoms with van der Waals surface area (Å²) >= 11 is 0. The van der Waals surface area contributed by atoms with E-state index in [2.05, 4.69) is 15.9 Å². The largest absolute Gasteiger partial charge is 0.353 e. The number of hydrogen-bond acceptors (Lipinski definition) is 2. The van der Waals surface area contributed by atoms with Gasteiger partial charge in [0.05, 0.1) is 16.3 Å². The van der Waals surface area contributed by atoms with Crippen molar-refractivity contribution >= 4 is 34.3 Å². The molecule has 1 aromatic heterocycles. The van der Waals surface area contributed by atoms with Crippen molar-refractivity contribution in [2.75, 3.05) is 0 Å². The van der Waals surface area contributed by atoms with Crippen LogP contribution in [0.4, 0.5) is 5.69 Å². The van der Waals surface area contributed by atoms with E-state index in [0.29, 0.717) is 5.22 Å². The van der Waals surface area contributed by atoms with Crippen LogP contribution in [-0.4, -0.2) is 17.1 Å². The maximum absolute atomic E-state index is 11.4. The number of H-pyrrole nitrogens is 1. The van der Waals surface area contributed by atoms with Gasteiger partial charge in [0.1, 0.15) is 5.94 Å². The van der Waals surface area contributed by atoms with Crippen molar-refractivity contribution < 1.29 is 4.79 Å². The molecule has 94 valence electrons. The number of aromatic amines is 1. The molecule has 4 rings (SSSR count). The zero-order valence-electron chi connectivity index (χ0n) is 10.6. The summed E-state index contributed by atoms with van der Waals surface area (Å²) in [5, 5.41) is 2.25. The van der Waals surface area contributed by atoms with Gasteiger partial charge >= 0.3 is 0 Å². The first-order chi connectivity index (χ1) is 9.88. The summed E-state index contributed by atoms with van der Waals surface area (Å²) in [6.07, 6.45) is 1.80. The van der Waals surface area contributed by atoms with Gasteiger partial charge in [-0.25, -0.2) is 4.79 Å². The van der Waals surface area contributed by atoms with Gasteiger partial charge in [0, 0.05) is 28.3 Å². The molecule has 1 aliphatic rings. The second-order valence-corrected chi connectivity index (χ2v) is 4.71. The molecule has 3 nitrogen and oxygen atoms in total. The van der Waals surface area contributed by atoms with Gasteiger partial charge in [-0.3, -0.25) is 4.99 Å². The summed E-state index contributed by atoms with van der Waals surface area (Å²) < 4.78 is 0. The molecule has 0 aliphatic carbocycles. The minimum atomic E-state index is 0.568. The Balaban J connectivity index is 2.23. The lowest BCUT2D eigenvalue weighted by molar-refractivity contribution is 0.567. The van der Waals surface area contributed by atoms with Gasteiger partial charge in [-0.15, -0.1) is 0 Å². The summed E-state index contributed by atoms with van der Waals surface area (Å²) in [4.78, 5) is 19.1. The lowest BCUT2D eigenvalue weighted by atomic mass is 10.1. The highest BCUT2D eigenvalue weighted by Gasteiger charge is 2.14. The van der Waals surface area contributed by atoms with E-state index in [1.54, 1.807) is 6.21 Å². The molecule has 3 heteroatoms. The van der Waals surface area contributed by atoms with E-state index in [0.717, 1.165) is 33.1 Å². The second-order valence-electron chi connectivity index (χ2n) is 4.71. The number of nitrogens with zero attached hydrogens (tertiary/aromatic N) is 1. The van der Waals surface area contributed by atoms with Gasteiger partial charge in [-0.05, 0) is 12.1 Å². The Morgan fingerprint density at radius 2 is 1.80 bits per heavy atom. The van der Waals surface area contributed by atoms with E-state index in [1.165, 1.54) is 0 Å². The third kappa shape index (κ3) is 1.41. The van der Waals surface area contributed by atoms with Crippen LogP contribution in [0.25, 0.3) is 16.5 Å². The minimum absolute atomic E-state index is 0.568. The second kappa shape index (κ2) is 4.05. The van der Waals surface area contributed by atoms with Gasteiger partial charge in [-0.2, -0.15) is 0 Å². The molecule has 2 heterocycles. The standard InChI is InChI=1S/C17H10N2O/c20-10-14-12-6-2-4-8-16(12)19-17(14)13-9-18-15-7-3-1-5-11(13)15/h1-9,19H. The Kier molecular flexibility index (Phi) is 2.22. The Labute approximate surface area is 114 Å². The van der Waals surface area contributed by atoms with Crippen LogP contribution in [0.5, 0.6) is 0 Å². The monoisotopic (exact) mass is 258 g/mol. The van der Waals surface area contributed by atoms with Crippen LogP contribution in [0.3, 0.4) is 0 Å². The Bertz CT molecular complexity index is 1000. The smallest absolute Gasteiger partial charge is 0.135 e. The molecule has 1 N–H and O–H groups in total. The van der Waals surface area contributed by atoms with Crippen LogP contribution in [0, 0.1) is 0 Å². The Hall–Kier alpha value is -2.90. The number of para-hydroxylation sites is 2. The highest BCUT2D eigenvalue weighted by Crippen LogP contribution is 2.28. The van der Waals surface area contributed by atoms with Crippen molar-refractivity contribution in [2.24, 2.45) is 4.99 Å². The number of aromatic nitrogens is 1. The molecule has 2 aromatic carbocycles. The van der Waals surface area contributed by atoms with Crippen molar-refractivity contribution in [3.8, 4) is 0 Å². The average Bonchev–Trinajstić information content (AvgIpc) is 3.07. The predicted octanol–water partition coefficient (Wildman–Crippen LogP) is 1.59. The maximum Gasteiger partial charge on any atom is 0.135 e. The maximum atomic E-state index is 11.4. The molecule has 0 radical (unpaired) electrons. The molecule has 20 heavy (non-hydrogen) atoms. The van der Waals surface area contributed by atoms with Gasteiger partial charge < -0.3 is 4.98 Å². The van der Waals surface area contributed by atoms with E-state index < -0.39 is 0 Å². The van der Waals surface area contributed by atoms with Crippen molar-refractivity contribution in [3.05, 3.63) is 64.7 Å². The van der Waals surface area contributed by atoms with Crippen LogP contribution < -0.4 is 10.6 Å². The van der Waals surface area contributed by atoms with E-state index in [4.69, 9.17) is 0 Å². The molecule has 3 aromatic rings. The number of rotatable bonds is 0. The number of fused-ring (bicyclic) bond motifs is 2. The normalized spacial score (nSPS) is 15.4. The summed E-state index contributed by atoms with van der Waals surface area (Å²) in [6, 6.07) is 15.6. The number of aliphatic imine (C=N–C) groups is 1. The minimum Gasteiger partial charge on any atom is -0.353 e. The molecule has 0 fully saturated rings. The highest BCUT2D eigenvalue weighted by atomic mass is 16.1. The van der Waals surface area contributed by atoms with Gasteiger partial charge in [0.15, 0.2) is 0 Å². The fourth-order valence-electron chi connectivity index (χ4n) is 2.67. The topological polar surface area (TPSA) is 45.2 Å². The quantitative estimate of drug-likeness (QED) is 0.654. The van der Waals surface area contributed by atoms with Crippen molar-refractivity contribution in [1.29, 1.82) is 0 Å². The first-order valence-electron chi connectivity index (χ1n) is 6.38. The van der Waals surface area contributed by atoms with Crippen LogP contribution in [-0.2, 0) is 4.79 Å². The van der Waals surface area contributed by atoms with Gasteiger partial charge in [-0.1, -0.05) is 36.4 Å². The van der Waals surface area contributed by atoms with Crippen LogP contribution >= 0.6 is 0 Å². The molecular weight excluding hydrogens is 248 g/mol. The van der Waals surface area contributed by atoms with Crippen LogP contribution in [0.2, 0.25) is 0 Å². The number of carbonyl (C=O) groups excluding carboxylic acids is 1. The first-order valence-corrected chi connectivity index (χ1v) is 6.38. The molecule has 0 bridgehead atoms. The third-order valence-electron chi connectivity index (χ3n) is 3.60. The molecular formula is C17H10N2O.